The fourth-order valence-corrected chi connectivity index (χ4v) is 4.73. The minimum Gasteiger partial charge on any atom is -0.356 e. The van der Waals surface area contributed by atoms with Gasteiger partial charge in [0.15, 0.2) is 0 Å². The molecule has 0 radical (unpaired) electrons. The van der Waals surface area contributed by atoms with Crippen molar-refractivity contribution >= 4 is 28.3 Å². The van der Waals surface area contributed by atoms with Gasteiger partial charge >= 0.3 is 0 Å². The van der Waals surface area contributed by atoms with E-state index in [1.807, 2.05) is 19.2 Å². The third-order valence-corrected chi connectivity index (χ3v) is 7.00. The van der Waals surface area contributed by atoms with Gasteiger partial charge in [0.1, 0.15) is 0 Å². The van der Waals surface area contributed by atoms with E-state index in [0.717, 1.165) is 18.5 Å². The standard InChI is InChI=1S/C20H33N3O3S.ClH/c1-20(2,3)17-6-8-18(9-7-17)27(25,26)23-14-10-16(11-15-23)19(24)22-13-5-12-21-4;/h6-9,16,21H,5,10-15H2,1-4H3,(H,22,24);1H. The predicted octanol–water partition coefficient (Wildman–Crippen LogP) is 2.53. The Labute approximate surface area is 175 Å². The molecule has 1 aromatic carbocycles. The molecular formula is C20H34ClN3O3S. The maximum Gasteiger partial charge on any atom is 0.243 e. The summed E-state index contributed by atoms with van der Waals surface area (Å²) in [6, 6.07) is 7.16. The first kappa shape index (κ1) is 24.9. The minimum absolute atomic E-state index is 0. The van der Waals surface area contributed by atoms with Crippen molar-refractivity contribution in [1.29, 1.82) is 0 Å². The normalized spacial score (nSPS) is 16.4. The fourth-order valence-electron chi connectivity index (χ4n) is 3.26. The van der Waals surface area contributed by atoms with E-state index in [1.165, 1.54) is 4.31 Å². The van der Waals surface area contributed by atoms with Crippen LogP contribution in [0.2, 0.25) is 0 Å². The Morgan fingerprint density at radius 3 is 2.18 bits per heavy atom. The maximum absolute atomic E-state index is 12.9. The average Bonchev–Trinajstić information content (AvgIpc) is 2.64. The molecule has 1 aliphatic heterocycles. The third kappa shape index (κ3) is 6.44. The van der Waals surface area contributed by atoms with Gasteiger partial charge in [-0.25, -0.2) is 8.42 Å². The van der Waals surface area contributed by atoms with Crippen LogP contribution in [-0.2, 0) is 20.2 Å². The van der Waals surface area contributed by atoms with Gasteiger partial charge in [-0.05, 0) is 56.0 Å². The van der Waals surface area contributed by atoms with Crippen molar-refractivity contribution in [3.05, 3.63) is 29.8 Å². The molecule has 0 atom stereocenters. The zero-order valence-electron chi connectivity index (χ0n) is 17.3. The van der Waals surface area contributed by atoms with Crippen LogP contribution in [-0.4, -0.2) is 51.9 Å². The number of sulfonamides is 1. The summed E-state index contributed by atoms with van der Waals surface area (Å²) in [5.74, 6) is -0.0630. The summed E-state index contributed by atoms with van der Waals surface area (Å²) in [6.07, 6.45) is 2.02. The second kappa shape index (κ2) is 10.6. The van der Waals surface area contributed by atoms with Gasteiger partial charge in [-0.15, -0.1) is 12.4 Å². The summed E-state index contributed by atoms with van der Waals surface area (Å²) in [5.41, 5.74) is 1.09. The Kier molecular flexibility index (Phi) is 9.40. The zero-order valence-corrected chi connectivity index (χ0v) is 19.0. The van der Waals surface area contributed by atoms with E-state index in [2.05, 4.69) is 31.4 Å². The van der Waals surface area contributed by atoms with Gasteiger partial charge in [-0.3, -0.25) is 4.79 Å². The average molecular weight is 432 g/mol. The molecule has 28 heavy (non-hydrogen) atoms. The van der Waals surface area contributed by atoms with E-state index in [9.17, 15) is 13.2 Å². The summed E-state index contributed by atoms with van der Waals surface area (Å²) in [5, 5.41) is 5.99. The van der Waals surface area contributed by atoms with Gasteiger partial charge in [0, 0.05) is 25.6 Å². The molecule has 1 aliphatic rings. The van der Waals surface area contributed by atoms with Crippen LogP contribution in [0.15, 0.2) is 29.2 Å². The molecule has 6 nitrogen and oxygen atoms in total. The van der Waals surface area contributed by atoms with Crippen molar-refractivity contribution in [3.63, 3.8) is 0 Å². The highest BCUT2D eigenvalue weighted by atomic mass is 35.5. The molecule has 1 aromatic rings. The minimum atomic E-state index is -3.50. The molecule has 1 heterocycles. The molecule has 0 bridgehead atoms. The van der Waals surface area contributed by atoms with E-state index >= 15 is 0 Å². The molecule has 0 saturated carbocycles. The number of piperidine rings is 1. The monoisotopic (exact) mass is 431 g/mol. The number of halogens is 1. The lowest BCUT2D eigenvalue weighted by Crippen LogP contribution is -2.43. The highest BCUT2D eigenvalue weighted by Crippen LogP contribution is 2.27. The first-order valence-corrected chi connectivity index (χ1v) is 11.1. The summed E-state index contributed by atoms with van der Waals surface area (Å²) in [6.45, 7) is 8.60. The Hall–Kier alpha value is -1.15. The van der Waals surface area contributed by atoms with E-state index in [1.54, 1.807) is 12.1 Å². The molecule has 160 valence electrons. The molecule has 0 unspecified atom stereocenters. The topological polar surface area (TPSA) is 78.5 Å². The highest BCUT2D eigenvalue weighted by molar-refractivity contribution is 7.89. The van der Waals surface area contributed by atoms with E-state index in [0.29, 0.717) is 37.4 Å². The van der Waals surface area contributed by atoms with Crippen LogP contribution in [0.25, 0.3) is 0 Å². The van der Waals surface area contributed by atoms with Crippen LogP contribution in [0.4, 0.5) is 0 Å². The van der Waals surface area contributed by atoms with Gasteiger partial charge in [-0.1, -0.05) is 32.9 Å². The van der Waals surface area contributed by atoms with Gasteiger partial charge in [0.2, 0.25) is 15.9 Å². The van der Waals surface area contributed by atoms with E-state index < -0.39 is 10.0 Å². The van der Waals surface area contributed by atoms with Gasteiger partial charge in [-0.2, -0.15) is 4.31 Å². The van der Waals surface area contributed by atoms with Crippen LogP contribution in [0.1, 0.15) is 45.6 Å². The predicted molar refractivity (Wildman–Crippen MR) is 115 cm³/mol. The lowest BCUT2D eigenvalue weighted by atomic mass is 9.87. The number of amides is 1. The third-order valence-electron chi connectivity index (χ3n) is 5.09. The Morgan fingerprint density at radius 1 is 1.11 bits per heavy atom. The first-order valence-electron chi connectivity index (χ1n) is 9.69. The number of nitrogens with zero attached hydrogens (tertiary/aromatic N) is 1. The molecule has 0 aliphatic carbocycles. The second-order valence-electron chi connectivity index (χ2n) is 8.20. The van der Waals surface area contributed by atoms with Crippen LogP contribution >= 0.6 is 12.4 Å². The number of carbonyl (C=O) groups excluding carboxylic acids is 1. The van der Waals surface area contributed by atoms with E-state index in [4.69, 9.17) is 0 Å². The van der Waals surface area contributed by atoms with E-state index in [-0.39, 0.29) is 29.6 Å². The first-order chi connectivity index (χ1) is 12.7. The number of nitrogens with one attached hydrogen (secondary N) is 2. The quantitative estimate of drug-likeness (QED) is 0.650. The SMILES string of the molecule is CNCCCNC(=O)C1CCN(S(=O)(=O)c2ccc(C(C)(C)C)cc2)CC1.Cl. The highest BCUT2D eigenvalue weighted by Gasteiger charge is 2.32. The maximum atomic E-state index is 12.9. The van der Waals surface area contributed by atoms with Gasteiger partial charge in [0.05, 0.1) is 4.90 Å². The lowest BCUT2D eigenvalue weighted by molar-refractivity contribution is -0.126. The number of carbonyl (C=O) groups is 1. The van der Waals surface area contributed by atoms with Crippen LogP contribution < -0.4 is 10.6 Å². The Balaban J connectivity index is 0.00000392. The number of hydrogen-bond donors (Lipinski definition) is 2. The molecule has 1 fully saturated rings. The second-order valence-corrected chi connectivity index (χ2v) is 10.1. The van der Waals surface area contributed by atoms with Crippen molar-refractivity contribution < 1.29 is 13.2 Å². The Bertz CT molecular complexity index is 722. The fraction of sp³-hybridized carbons (Fsp3) is 0.650. The van der Waals surface area contributed by atoms with Crippen LogP contribution in [0.5, 0.6) is 0 Å². The largest absolute Gasteiger partial charge is 0.356 e. The molecule has 8 heteroatoms. The van der Waals surface area contributed by atoms with Gasteiger partial charge in [0.25, 0.3) is 0 Å². The van der Waals surface area contributed by atoms with Crippen molar-refractivity contribution in [2.24, 2.45) is 5.92 Å². The molecular weight excluding hydrogens is 398 g/mol. The van der Waals surface area contributed by atoms with Crippen molar-refractivity contribution in [2.45, 2.75) is 50.3 Å². The smallest absolute Gasteiger partial charge is 0.243 e. The van der Waals surface area contributed by atoms with Crippen LogP contribution in [0.3, 0.4) is 0 Å². The van der Waals surface area contributed by atoms with Gasteiger partial charge < -0.3 is 10.6 Å². The number of benzene rings is 1. The molecule has 0 aromatic heterocycles. The van der Waals surface area contributed by atoms with Crippen molar-refractivity contribution in [3.8, 4) is 0 Å². The molecule has 0 spiro atoms. The number of rotatable bonds is 7. The number of hydrogen-bond acceptors (Lipinski definition) is 4. The zero-order chi connectivity index (χ0) is 20.1. The summed E-state index contributed by atoms with van der Waals surface area (Å²) in [4.78, 5) is 12.5. The van der Waals surface area contributed by atoms with Crippen molar-refractivity contribution in [1.82, 2.24) is 14.9 Å². The summed E-state index contributed by atoms with van der Waals surface area (Å²) in [7, 11) is -1.62. The lowest BCUT2D eigenvalue weighted by Gasteiger charge is -2.30. The Morgan fingerprint density at radius 2 is 1.68 bits per heavy atom. The summed E-state index contributed by atoms with van der Waals surface area (Å²) >= 11 is 0. The van der Waals surface area contributed by atoms with Crippen molar-refractivity contribution in [2.75, 3.05) is 33.2 Å². The molecule has 1 saturated heterocycles. The molecule has 1 amide bonds. The van der Waals surface area contributed by atoms with Crippen LogP contribution in [0, 0.1) is 5.92 Å². The molecule has 2 rings (SSSR count). The summed E-state index contributed by atoms with van der Waals surface area (Å²) < 4.78 is 27.3. The molecule has 2 N–H and O–H groups in total.